The van der Waals surface area contributed by atoms with Crippen LogP contribution in [-0.4, -0.2) is 15.5 Å². The highest BCUT2D eigenvalue weighted by Crippen LogP contribution is 2.31. The minimum absolute atomic E-state index is 0.0971. The van der Waals surface area contributed by atoms with Gasteiger partial charge in [-0.1, -0.05) is 29.8 Å². The number of halogens is 1. The van der Waals surface area contributed by atoms with Crippen LogP contribution >= 0.6 is 11.6 Å². The molecule has 0 spiro atoms. The molecule has 0 saturated carbocycles. The van der Waals surface area contributed by atoms with Crippen molar-refractivity contribution >= 4 is 21.7 Å². The van der Waals surface area contributed by atoms with Gasteiger partial charge in [0.05, 0.1) is 7.11 Å². The van der Waals surface area contributed by atoms with Gasteiger partial charge in [-0.05, 0) is 43.2 Å². The monoisotopic (exact) mass is 326 g/mol. The van der Waals surface area contributed by atoms with Crippen LogP contribution in [0.2, 0.25) is 5.02 Å². The summed E-state index contributed by atoms with van der Waals surface area (Å²) in [5.74, 6) is 0.505. The second-order valence-corrected chi connectivity index (χ2v) is 6.50. The first-order valence-corrected chi connectivity index (χ1v) is 7.98. The number of benzene rings is 2. The minimum atomic E-state index is -4.03. The molecule has 2 aromatic carbocycles. The lowest BCUT2D eigenvalue weighted by Gasteiger charge is -2.14. The van der Waals surface area contributed by atoms with Gasteiger partial charge >= 0.3 is 10.1 Å². The first kappa shape index (κ1) is 15.7. The minimum Gasteiger partial charge on any atom is -0.495 e. The first-order valence-electron chi connectivity index (χ1n) is 6.19. The normalized spacial score (nSPS) is 11.2. The molecule has 0 aliphatic rings. The fourth-order valence-electron chi connectivity index (χ4n) is 1.93. The molecule has 112 valence electrons. The number of hydrogen-bond acceptors (Lipinski definition) is 4. The Labute approximate surface area is 129 Å². The Morgan fingerprint density at radius 1 is 1.05 bits per heavy atom. The molecule has 0 atom stereocenters. The standard InChI is InChI=1S/C15H15ClO4S/c1-10-5-4-6-11(2)15(10)20-21(17,18)14-9-12(16)7-8-13(14)19-3/h4-9H,1-3H3. The van der Waals surface area contributed by atoms with Crippen molar-refractivity contribution in [1.82, 2.24) is 0 Å². The van der Waals surface area contributed by atoms with Gasteiger partial charge in [-0.3, -0.25) is 0 Å². The topological polar surface area (TPSA) is 52.6 Å². The van der Waals surface area contributed by atoms with E-state index in [-0.39, 0.29) is 10.6 Å². The first-order chi connectivity index (χ1) is 9.85. The van der Waals surface area contributed by atoms with Crippen LogP contribution < -0.4 is 8.92 Å². The van der Waals surface area contributed by atoms with Gasteiger partial charge in [-0.25, -0.2) is 0 Å². The van der Waals surface area contributed by atoms with Crippen molar-refractivity contribution in [3.63, 3.8) is 0 Å². The van der Waals surface area contributed by atoms with Crippen molar-refractivity contribution in [2.24, 2.45) is 0 Å². The Hall–Kier alpha value is -1.72. The molecule has 4 nitrogen and oxygen atoms in total. The molecule has 0 aromatic heterocycles. The molecule has 6 heteroatoms. The fourth-order valence-corrected chi connectivity index (χ4v) is 3.41. The zero-order valence-corrected chi connectivity index (χ0v) is 13.5. The number of rotatable bonds is 4. The highest BCUT2D eigenvalue weighted by molar-refractivity contribution is 7.87. The van der Waals surface area contributed by atoms with Gasteiger partial charge in [0, 0.05) is 5.02 Å². The van der Waals surface area contributed by atoms with Crippen LogP contribution in [-0.2, 0) is 10.1 Å². The van der Waals surface area contributed by atoms with E-state index in [0.29, 0.717) is 10.8 Å². The lowest BCUT2D eigenvalue weighted by atomic mass is 10.1. The lowest BCUT2D eigenvalue weighted by Crippen LogP contribution is -2.12. The summed E-state index contributed by atoms with van der Waals surface area (Å²) in [7, 11) is -2.64. The second kappa shape index (κ2) is 5.95. The average Bonchev–Trinajstić information content (AvgIpc) is 2.43. The third-order valence-electron chi connectivity index (χ3n) is 3.00. The molecule has 0 aliphatic carbocycles. The van der Waals surface area contributed by atoms with E-state index < -0.39 is 10.1 Å². The van der Waals surface area contributed by atoms with E-state index in [2.05, 4.69) is 0 Å². The summed E-state index contributed by atoms with van der Waals surface area (Å²) in [6.07, 6.45) is 0. The van der Waals surface area contributed by atoms with Gasteiger partial charge < -0.3 is 8.92 Å². The zero-order chi connectivity index (χ0) is 15.6. The molecule has 0 bridgehead atoms. The second-order valence-electron chi connectivity index (χ2n) is 4.55. The maximum absolute atomic E-state index is 12.5. The van der Waals surface area contributed by atoms with Crippen molar-refractivity contribution in [3.05, 3.63) is 52.5 Å². The largest absolute Gasteiger partial charge is 0.495 e. The summed E-state index contributed by atoms with van der Waals surface area (Å²) < 4.78 is 35.3. The maximum Gasteiger partial charge on any atom is 0.343 e. The Bertz CT molecular complexity index is 749. The molecule has 2 aromatic rings. The Morgan fingerprint density at radius 2 is 1.67 bits per heavy atom. The van der Waals surface area contributed by atoms with Gasteiger partial charge in [0.2, 0.25) is 0 Å². The Morgan fingerprint density at radius 3 is 2.24 bits per heavy atom. The van der Waals surface area contributed by atoms with Crippen molar-refractivity contribution in [2.75, 3.05) is 7.11 Å². The molecular weight excluding hydrogens is 312 g/mol. The van der Waals surface area contributed by atoms with Crippen LogP contribution in [0.5, 0.6) is 11.5 Å². The molecule has 0 amide bonds. The Kier molecular flexibility index (Phi) is 4.44. The van der Waals surface area contributed by atoms with Crippen LogP contribution in [0.4, 0.5) is 0 Å². The zero-order valence-electron chi connectivity index (χ0n) is 11.9. The average molecular weight is 327 g/mol. The van der Waals surface area contributed by atoms with Crippen molar-refractivity contribution in [3.8, 4) is 11.5 Å². The van der Waals surface area contributed by atoms with Crippen LogP contribution in [0.3, 0.4) is 0 Å². The lowest BCUT2D eigenvalue weighted by molar-refractivity contribution is 0.398. The van der Waals surface area contributed by atoms with Crippen LogP contribution in [0.1, 0.15) is 11.1 Å². The van der Waals surface area contributed by atoms with Crippen molar-refractivity contribution in [2.45, 2.75) is 18.7 Å². The number of methoxy groups -OCH3 is 1. The third kappa shape index (κ3) is 3.31. The van der Waals surface area contributed by atoms with E-state index in [1.165, 1.54) is 19.2 Å². The van der Waals surface area contributed by atoms with E-state index >= 15 is 0 Å². The molecule has 0 radical (unpaired) electrons. The Balaban J connectivity index is 2.51. The maximum atomic E-state index is 12.5. The number of aryl methyl sites for hydroxylation is 2. The molecule has 0 saturated heterocycles. The molecule has 0 N–H and O–H groups in total. The molecular formula is C15H15ClO4S. The van der Waals surface area contributed by atoms with E-state index in [1.807, 2.05) is 6.07 Å². The quantitative estimate of drug-likeness (QED) is 0.803. The molecule has 21 heavy (non-hydrogen) atoms. The third-order valence-corrected chi connectivity index (χ3v) is 4.48. The predicted octanol–water partition coefficient (Wildman–Crippen LogP) is 3.73. The van der Waals surface area contributed by atoms with Crippen LogP contribution in [0.25, 0.3) is 0 Å². The molecule has 0 unspecified atom stereocenters. The number of hydrogen-bond donors (Lipinski definition) is 0. The van der Waals surface area contributed by atoms with Crippen molar-refractivity contribution in [1.29, 1.82) is 0 Å². The van der Waals surface area contributed by atoms with E-state index in [9.17, 15) is 8.42 Å². The molecule has 2 rings (SSSR count). The van der Waals surface area contributed by atoms with E-state index in [1.54, 1.807) is 32.0 Å². The SMILES string of the molecule is COc1ccc(Cl)cc1S(=O)(=O)Oc1c(C)cccc1C. The van der Waals surface area contributed by atoms with Gasteiger partial charge in [0.15, 0.2) is 0 Å². The van der Waals surface area contributed by atoms with Crippen LogP contribution in [0.15, 0.2) is 41.3 Å². The predicted molar refractivity (Wildman–Crippen MR) is 81.7 cm³/mol. The van der Waals surface area contributed by atoms with Gasteiger partial charge in [0.1, 0.15) is 16.4 Å². The molecule has 0 fully saturated rings. The summed E-state index contributed by atoms with van der Waals surface area (Å²) in [4.78, 5) is -0.0971. The van der Waals surface area contributed by atoms with Gasteiger partial charge in [-0.15, -0.1) is 0 Å². The fraction of sp³-hybridized carbons (Fsp3) is 0.200. The van der Waals surface area contributed by atoms with Crippen molar-refractivity contribution < 1.29 is 17.3 Å². The smallest absolute Gasteiger partial charge is 0.343 e. The van der Waals surface area contributed by atoms with E-state index in [4.69, 9.17) is 20.5 Å². The van der Waals surface area contributed by atoms with Gasteiger partial charge in [-0.2, -0.15) is 8.42 Å². The molecule has 0 aliphatic heterocycles. The summed E-state index contributed by atoms with van der Waals surface area (Å²) in [6, 6.07) is 9.76. The highest BCUT2D eigenvalue weighted by atomic mass is 35.5. The molecule has 0 heterocycles. The summed E-state index contributed by atoms with van der Waals surface area (Å²) >= 11 is 5.87. The summed E-state index contributed by atoms with van der Waals surface area (Å²) in [6.45, 7) is 3.57. The number of para-hydroxylation sites is 1. The van der Waals surface area contributed by atoms with Crippen LogP contribution in [0, 0.1) is 13.8 Å². The van der Waals surface area contributed by atoms with Gasteiger partial charge in [0.25, 0.3) is 0 Å². The summed E-state index contributed by atoms with van der Waals surface area (Å²) in [5, 5.41) is 0.291. The number of ether oxygens (including phenoxy) is 1. The summed E-state index contributed by atoms with van der Waals surface area (Å²) in [5.41, 5.74) is 1.47. The van der Waals surface area contributed by atoms with E-state index in [0.717, 1.165) is 11.1 Å². The highest BCUT2D eigenvalue weighted by Gasteiger charge is 2.23.